The Kier molecular flexibility index (Phi) is 7.28. The molecule has 4 rings (SSSR count). The number of aryl methyl sites for hydroxylation is 1. The third kappa shape index (κ3) is 3.77. The van der Waals surface area contributed by atoms with Crippen molar-refractivity contribution in [3.8, 4) is 11.8 Å². The molecule has 0 spiro atoms. The Hall–Kier alpha value is -3.46. The zero-order valence-corrected chi connectivity index (χ0v) is 23.3. The van der Waals surface area contributed by atoms with Crippen LogP contribution in [-0.4, -0.2) is 70.3 Å². The molecule has 0 aliphatic heterocycles. The summed E-state index contributed by atoms with van der Waals surface area (Å²) in [4.78, 5) is 69.2. The van der Waals surface area contributed by atoms with Crippen LogP contribution in [-0.2, 0) is 32.0 Å². The van der Waals surface area contributed by atoms with Gasteiger partial charge in [0.25, 0.3) is 0 Å². The molecule has 2 unspecified atom stereocenters. The number of aromatic hydroxyl groups is 1. The molecule has 11 heteroatoms. The molecule has 1 aromatic rings. The molecule has 11 nitrogen and oxygen atoms in total. The SMILES string of the molecule is CCC(CC)CCc1ccc(O)c2c1C[C@@]1(N)C[C@@]3(N)[C@H](N(C)C)C(=O)C(C(N)=O)C(=O)[C@@]3(C#N)C(=O)C1C2=O. The number of phenols is 1. The van der Waals surface area contributed by atoms with E-state index in [-0.39, 0.29) is 17.7 Å². The zero-order valence-electron chi connectivity index (χ0n) is 23.3. The number of primary amides is 1. The second-order valence-corrected chi connectivity index (χ2v) is 11.9. The largest absolute Gasteiger partial charge is 0.507 e. The molecular weight excluding hydrogens is 514 g/mol. The van der Waals surface area contributed by atoms with Crippen LogP contribution in [0.4, 0.5) is 0 Å². The Morgan fingerprint density at radius 1 is 1.15 bits per heavy atom. The van der Waals surface area contributed by atoms with Gasteiger partial charge >= 0.3 is 0 Å². The van der Waals surface area contributed by atoms with E-state index in [0.29, 0.717) is 17.9 Å². The van der Waals surface area contributed by atoms with Gasteiger partial charge in [-0.15, -0.1) is 0 Å². The van der Waals surface area contributed by atoms with Crippen LogP contribution in [0.5, 0.6) is 5.75 Å². The molecule has 1 aromatic carbocycles. The number of nitrogens with two attached hydrogens (primary N) is 3. The fourth-order valence-corrected chi connectivity index (χ4v) is 7.56. The van der Waals surface area contributed by atoms with Crippen LogP contribution in [0.1, 0.15) is 61.0 Å². The van der Waals surface area contributed by atoms with Gasteiger partial charge in [-0.05, 0) is 62.9 Å². The predicted octanol–water partition coefficient (Wildman–Crippen LogP) is 0.177. The molecule has 40 heavy (non-hydrogen) atoms. The van der Waals surface area contributed by atoms with Gasteiger partial charge in [0.15, 0.2) is 34.5 Å². The van der Waals surface area contributed by atoms with E-state index in [2.05, 4.69) is 13.8 Å². The lowest BCUT2D eigenvalue weighted by atomic mass is 9.42. The summed E-state index contributed by atoms with van der Waals surface area (Å²) in [7, 11) is 2.95. The van der Waals surface area contributed by atoms with Crippen molar-refractivity contribution in [2.24, 2.45) is 40.4 Å². The van der Waals surface area contributed by atoms with E-state index in [1.54, 1.807) is 12.1 Å². The Morgan fingerprint density at radius 3 is 2.30 bits per heavy atom. The number of fused-ring (bicyclic) bond motifs is 3. The first-order chi connectivity index (χ1) is 18.7. The first-order valence-corrected chi connectivity index (χ1v) is 13.6. The summed E-state index contributed by atoms with van der Waals surface area (Å²) >= 11 is 0. The van der Waals surface area contributed by atoms with Gasteiger partial charge in [0, 0.05) is 5.54 Å². The van der Waals surface area contributed by atoms with Crippen LogP contribution in [0, 0.1) is 34.5 Å². The van der Waals surface area contributed by atoms with Crippen molar-refractivity contribution in [1.29, 1.82) is 5.26 Å². The summed E-state index contributed by atoms with van der Waals surface area (Å²) < 4.78 is 0. The number of Topliss-reactive ketones (excluding diaryl/α,β-unsaturated/α-hetero) is 4. The molecule has 1 amide bonds. The van der Waals surface area contributed by atoms with Gasteiger partial charge in [0.1, 0.15) is 11.7 Å². The number of carbonyl (C=O) groups excluding carboxylic acids is 5. The molecule has 6 atom stereocenters. The number of nitriles is 1. The lowest BCUT2D eigenvalue weighted by Gasteiger charge is -2.60. The first-order valence-electron chi connectivity index (χ1n) is 13.6. The molecule has 0 aromatic heterocycles. The maximum Gasteiger partial charge on any atom is 0.235 e. The number of carbonyl (C=O) groups is 5. The van der Waals surface area contributed by atoms with Crippen LogP contribution in [0.15, 0.2) is 12.1 Å². The van der Waals surface area contributed by atoms with E-state index in [4.69, 9.17) is 17.2 Å². The molecule has 0 heterocycles. The summed E-state index contributed by atoms with van der Waals surface area (Å²) in [6.45, 7) is 4.21. The normalized spacial score (nSPS) is 33.4. The smallest absolute Gasteiger partial charge is 0.235 e. The molecule has 214 valence electrons. The fraction of sp³-hybridized carbons (Fsp3) is 0.586. The monoisotopic (exact) mass is 551 g/mol. The lowest BCUT2D eigenvalue weighted by Crippen LogP contribution is -2.85. The highest BCUT2D eigenvalue weighted by Gasteiger charge is 2.78. The standard InChI is InChI=1S/C29H37N5O6/c1-5-14(6-2)7-8-15-9-10-17(35)18-16(15)11-27(32)12-29(33)23(34(3)4)22(37)19(26(31)40)24(38)28(29,13-30)25(39)20(27)21(18)36/h9-10,14,19-20,23,35H,5-8,11-12,32-33H2,1-4H3,(H2,31,40)/t19?,20?,23-,27-,28+,29-/m1/s1. The maximum atomic E-state index is 14.3. The van der Waals surface area contributed by atoms with E-state index < -0.39 is 69.8 Å². The molecule has 2 saturated carbocycles. The number of phenolic OH excluding ortho intramolecular Hbond substituents is 1. The number of hydrogen-bond acceptors (Lipinski definition) is 10. The highest BCUT2D eigenvalue weighted by molar-refractivity contribution is 6.33. The highest BCUT2D eigenvalue weighted by Crippen LogP contribution is 2.56. The number of nitrogens with zero attached hydrogens (tertiary/aromatic N) is 2. The topological polar surface area (TPSA) is 211 Å². The molecule has 3 aliphatic rings. The summed E-state index contributed by atoms with van der Waals surface area (Å²) in [5.41, 5.74) is 13.8. The molecule has 7 N–H and O–H groups in total. The molecule has 0 radical (unpaired) electrons. The Bertz CT molecular complexity index is 1360. The Balaban J connectivity index is 1.93. The summed E-state index contributed by atoms with van der Waals surface area (Å²) in [5.74, 6) is -9.20. The summed E-state index contributed by atoms with van der Waals surface area (Å²) in [5, 5.41) is 21.2. The fourth-order valence-electron chi connectivity index (χ4n) is 7.56. The average Bonchev–Trinajstić information content (AvgIpc) is 2.84. The van der Waals surface area contributed by atoms with Crippen LogP contribution < -0.4 is 17.2 Å². The van der Waals surface area contributed by atoms with Crippen LogP contribution >= 0.6 is 0 Å². The van der Waals surface area contributed by atoms with Gasteiger partial charge in [-0.2, -0.15) is 5.26 Å². The van der Waals surface area contributed by atoms with Crippen molar-refractivity contribution in [3.05, 3.63) is 28.8 Å². The van der Waals surface area contributed by atoms with Crippen LogP contribution in [0.3, 0.4) is 0 Å². The number of hydrogen-bond donors (Lipinski definition) is 4. The minimum absolute atomic E-state index is 0.0423. The van der Waals surface area contributed by atoms with Gasteiger partial charge < -0.3 is 22.3 Å². The molecule has 3 aliphatic carbocycles. The number of benzene rings is 1. The summed E-state index contributed by atoms with van der Waals surface area (Å²) in [6, 6.07) is 3.43. The highest BCUT2D eigenvalue weighted by atomic mass is 16.3. The third-order valence-corrected chi connectivity index (χ3v) is 9.55. The molecule has 0 saturated heterocycles. The second-order valence-electron chi connectivity index (χ2n) is 11.9. The van der Waals surface area contributed by atoms with Crippen molar-refractivity contribution >= 4 is 29.0 Å². The Labute approximate surface area is 233 Å². The van der Waals surface area contributed by atoms with E-state index in [1.807, 2.05) is 0 Å². The van der Waals surface area contributed by atoms with Crippen molar-refractivity contribution in [3.63, 3.8) is 0 Å². The quantitative estimate of drug-likeness (QED) is 0.337. The zero-order chi connectivity index (χ0) is 29.9. The lowest BCUT2D eigenvalue weighted by molar-refractivity contribution is -0.166. The number of likely N-dealkylation sites (N-methyl/N-ethyl adjacent to an activating group) is 1. The second kappa shape index (κ2) is 9.87. The van der Waals surface area contributed by atoms with Gasteiger partial charge in [-0.25, -0.2) is 0 Å². The van der Waals surface area contributed by atoms with E-state index >= 15 is 0 Å². The van der Waals surface area contributed by atoms with Crippen LogP contribution in [0.2, 0.25) is 0 Å². The molecular formula is C29H37N5O6. The van der Waals surface area contributed by atoms with Crippen molar-refractivity contribution in [2.45, 2.75) is 69.5 Å². The number of ketones is 4. The number of rotatable bonds is 7. The van der Waals surface area contributed by atoms with Gasteiger partial charge in [0.2, 0.25) is 5.91 Å². The van der Waals surface area contributed by atoms with Gasteiger partial charge in [0.05, 0.1) is 23.2 Å². The van der Waals surface area contributed by atoms with Crippen molar-refractivity contribution in [2.75, 3.05) is 14.1 Å². The minimum atomic E-state index is -2.74. The van der Waals surface area contributed by atoms with Crippen LogP contribution in [0.25, 0.3) is 0 Å². The van der Waals surface area contributed by atoms with E-state index in [0.717, 1.165) is 24.8 Å². The molecule has 2 fully saturated rings. The van der Waals surface area contributed by atoms with E-state index in [1.165, 1.54) is 25.1 Å². The summed E-state index contributed by atoms with van der Waals surface area (Å²) in [6.07, 6.45) is 2.97. The van der Waals surface area contributed by atoms with E-state index in [9.17, 15) is 34.3 Å². The number of amides is 1. The predicted molar refractivity (Wildman–Crippen MR) is 144 cm³/mol. The Morgan fingerprint density at radius 2 is 1.77 bits per heavy atom. The van der Waals surface area contributed by atoms with Crippen molar-refractivity contribution < 1.29 is 29.1 Å². The third-order valence-electron chi connectivity index (χ3n) is 9.55. The minimum Gasteiger partial charge on any atom is -0.507 e. The van der Waals surface area contributed by atoms with Gasteiger partial charge in [-0.1, -0.05) is 32.8 Å². The van der Waals surface area contributed by atoms with Gasteiger partial charge in [-0.3, -0.25) is 28.9 Å². The average molecular weight is 552 g/mol. The maximum absolute atomic E-state index is 14.3. The van der Waals surface area contributed by atoms with Crippen molar-refractivity contribution in [1.82, 2.24) is 4.90 Å². The molecule has 0 bridgehead atoms. The first kappa shape index (κ1) is 29.5.